The zero-order chi connectivity index (χ0) is 36.8. The second-order valence-corrected chi connectivity index (χ2v) is 12.2. The number of thioether (sulfide) groups is 1. The molecule has 4 amide bonds. The van der Waals surface area contributed by atoms with Crippen LogP contribution in [-0.4, -0.2) is 87.3 Å². The number of carboxylic acid groups (broad SMARTS) is 1. The first-order valence-corrected chi connectivity index (χ1v) is 16.5. The Morgan fingerprint density at radius 1 is 0.920 bits per heavy atom. The van der Waals surface area contributed by atoms with Gasteiger partial charge in [0.1, 0.15) is 0 Å². The average Bonchev–Trinajstić information content (AvgIpc) is 3.34. The van der Waals surface area contributed by atoms with Gasteiger partial charge in [0.25, 0.3) is 11.8 Å². The molecule has 0 aliphatic carbocycles. The fraction of sp³-hybridized carbons (Fsp3) is 0.265. The predicted molar refractivity (Wildman–Crippen MR) is 188 cm³/mol. The third kappa shape index (κ3) is 11.6. The van der Waals surface area contributed by atoms with Crippen LogP contribution in [0.1, 0.15) is 35.5 Å². The number of aliphatic carboxylic acids is 1. The summed E-state index contributed by atoms with van der Waals surface area (Å²) in [5, 5.41) is 18.3. The largest absolute Gasteiger partial charge is 0.481 e. The fourth-order valence-corrected chi connectivity index (χ4v) is 5.07. The number of benzene rings is 2. The lowest BCUT2D eigenvalue weighted by molar-refractivity contribution is -0.155. The van der Waals surface area contributed by atoms with Crippen molar-refractivity contribution < 1.29 is 43.5 Å². The topological polar surface area (TPSA) is 193 Å². The molecular formula is C34H36ClN5O9S. The molecule has 1 aromatic heterocycles. The van der Waals surface area contributed by atoms with Crippen molar-refractivity contribution in [2.45, 2.75) is 27.2 Å². The van der Waals surface area contributed by atoms with Crippen LogP contribution in [0.25, 0.3) is 10.9 Å². The van der Waals surface area contributed by atoms with Crippen LogP contribution < -0.4 is 20.8 Å². The third-order valence-corrected chi connectivity index (χ3v) is 7.93. The Morgan fingerprint density at radius 3 is 2.18 bits per heavy atom. The molecule has 2 aromatic carbocycles. The molecule has 0 aliphatic rings. The minimum Gasteiger partial charge on any atom is -0.481 e. The van der Waals surface area contributed by atoms with Gasteiger partial charge < -0.3 is 25.9 Å². The quantitative estimate of drug-likeness (QED) is 0.126. The first-order valence-electron chi connectivity index (χ1n) is 15.2. The summed E-state index contributed by atoms with van der Waals surface area (Å²) in [6.45, 7) is 3.37. The Bertz CT molecular complexity index is 1840. The number of hydrogen-bond acceptors (Lipinski definition) is 9. The van der Waals surface area contributed by atoms with E-state index < -0.39 is 49.2 Å². The number of rotatable bonds is 16. The highest BCUT2D eigenvalue weighted by Crippen LogP contribution is 2.31. The van der Waals surface area contributed by atoms with Crippen molar-refractivity contribution in [2.75, 3.05) is 31.9 Å². The first-order chi connectivity index (χ1) is 23.8. The van der Waals surface area contributed by atoms with Crippen LogP contribution in [0.15, 0.2) is 66.8 Å². The molecule has 0 saturated carbocycles. The number of carbonyl (C=O) groups is 7. The number of amides is 4. The molecule has 14 nitrogen and oxygen atoms in total. The Morgan fingerprint density at radius 2 is 1.56 bits per heavy atom. The number of nitrogens with one attached hydrogen (secondary N) is 3. The molecule has 3 aromatic rings. The van der Waals surface area contributed by atoms with E-state index in [0.717, 1.165) is 16.8 Å². The maximum atomic E-state index is 13.5. The summed E-state index contributed by atoms with van der Waals surface area (Å²) in [5.41, 5.74) is 1.58. The van der Waals surface area contributed by atoms with Gasteiger partial charge in [0.05, 0.1) is 43.9 Å². The lowest BCUT2D eigenvalue weighted by atomic mass is 10.1. The lowest BCUT2D eigenvalue weighted by Crippen LogP contribution is -2.46. The van der Waals surface area contributed by atoms with Gasteiger partial charge in [-0.3, -0.25) is 38.1 Å². The van der Waals surface area contributed by atoms with Crippen molar-refractivity contribution in [3.63, 3.8) is 0 Å². The van der Waals surface area contributed by atoms with Crippen molar-refractivity contribution in [1.82, 2.24) is 25.6 Å². The summed E-state index contributed by atoms with van der Waals surface area (Å²) in [6, 6.07) is 11.0. The summed E-state index contributed by atoms with van der Waals surface area (Å²) >= 11 is 6.78. The summed E-state index contributed by atoms with van der Waals surface area (Å²) < 4.78 is 1.42. The predicted octanol–water partition coefficient (Wildman–Crippen LogP) is 2.80. The van der Waals surface area contributed by atoms with Gasteiger partial charge in [-0.05, 0) is 61.9 Å². The van der Waals surface area contributed by atoms with Gasteiger partial charge >= 0.3 is 5.97 Å². The number of hydroxylamine groups is 2. The summed E-state index contributed by atoms with van der Waals surface area (Å²) in [5.74, 6) is -3.97. The summed E-state index contributed by atoms with van der Waals surface area (Å²) in [6.07, 6.45) is 6.48. The van der Waals surface area contributed by atoms with Gasteiger partial charge in [0, 0.05) is 28.6 Å². The van der Waals surface area contributed by atoms with Gasteiger partial charge in [0.2, 0.25) is 17.7 Å². The van der Waals surface area contributed by atoms with Crippen molar-refractivity contribution >= 4 is 74.9 Å². The zero-order valence-electron chi connectivity index (χ0n) is 27.5. The van der Waals surface area contributed by atoms with Gasteiger partial charge in [-0.1, -0.05) is 47.7 Å². The van der Waals surface area contributed by atoms with Crippen LogP contribution in [0.3, 0.4) is 0 Å². The average molecular weight is 726 g/mol. The Balaban J connectivity index is 1.75. The fourth-order valence-electron chi connectivity index (χ4n) is 4.50. The Kier molecular flexibility index (Phi) is 14.8. The molecule has 16 heteroatoms. The van der Waals surface area contributed by atoms with E-state index in [1.165, 1.54) is 23.6 Å². The van der Waals surface area contributed by atoms with E-state index >= 15 is 0 Å². The summed E-state index contributed by atoms with van der Waals surface area (Å²) in [4.78, 5) is 91.4. The van der Waals surface area contributed by atoms with Crippen LogP contribution in [0.5, 0.6) is 5.75 Å². The standard InChI is InChI=1S/C34H36ClN5O9S/c1-4-5-6-7-14-39(32(45)19-38-30(43)17-36-29(42)18-37-31(44)20-50-22(3)41)49-25-12-13-28-27(15-25)26(16-33(46)47)21(2)40(28)34(48)23-8-10-24(35)11-9-23/h4-13,15H,14,16-20H2,1-3H3,(H,36,42)(H,37,44)(H,38,43)(H,46,47). The minimum absolute atomic E-state index is 0.0352. The first kappa shape index (κ1) is 39.0. The number of allylic oxidation sites excluding steroid dienone is 3. The minimum atomic E-state index is -1.11. The Labute approximate surface area is 296 Å². The number of fused-ring (bicyclic) bond motifs is 1. The van der Waals surface area contributed by atoms with Gasteiger partial charge in [-0.15, -0.1) is 0 Å². The molecule has 1 heterocycles. The number of aromatic nitrogens is 1. The molecule has 0 atom stereocenters. The molecular weight excluding hydrogens is 690 g/mol. The SMILES string of the molecule is CC=CC=CCN(Oc1ccc2c(c1)c(CC(=O)O)c(C)n2C(=O)c1ccc(Cl)cc1)C(=O)CNC(=O)CNC(=O)CNC(=O)CSC(C)=O. The molecule has 50 heavy (non-hydrogen) atoms. The third-order valence-electron chi connectivity index (χ3n) is 6.87. The molecule has 0 saturated heterocycles. The molecule has 0 radical (unpaired) electrons. The van der Waals surface area contributed by atoms with Crippen LogP contribution in [0.4, 0.5) is 0 Å². The van der Waals surface area contributed by atoms with E-state index in [-0.39, 0.29) is 35.5 Å². The van der Waals surface area contributed by atoms with Gasteiger partial charge in [-0.2, -0.15) is 5.06 Å². The Hall–Kier alpha value is -5.41. The highest BCUT2D eigenvalue weighted by Gasteiger charge is 2.23. The van der Waals surface area contributed by atoms with E-state index in [1.54, 1.807) is 61.6 Å². The van der Waals surface area contributed by atoms with E-state index in [4.69, 9.17) is 16.4 Å². The number of halogens is 1. The van der Waals surface area contributed by atoms with E-state index in [9.17, 15) is 38.7 Å². The zero-order valence-corrected chi connectivity index (χ0v) is 29.1. The monoisotopic (exact) mass is 725 g/mol. The number of carboxylic acids is 1. The molecule has 0 bridgehead atoms. The highest BCUT2D eigenvalue weighted by molar-refractivity contribution is 8.14. The van der Waals surface area contributed by atoms with E-state index in [2.05, 4.69) is 16.0 Å². The maximum absolute atomic E-state index is 13.5. The van der Waals surface area contributed by atoms with Crippen LogP contribution in [0, 0.1) is 6.92 Å². The van der Waals surface area contributed by atoms with Gasteiger partial charge in [0.15, 0.2) is 10.9 Å². The molecule has 0 unspecified atom stereocenters. The summed E-state index contributed by atoms with van der Waals surface area (Å²) in [7, 11) is 0. The molecule has 3 rings (SSSR count). The normalized spacial score (nSPS) is 11.0. The molecule has 0 spiro atoms. The molecule has 264 valence electrons. The number of nitrogens with zero attached hydrogens (tertiary/aromatic N) is 2. The van der Waals surface area contributed by atoms with Crippen LogP contribution in [0.2, 0.25) is 5.02 Å². The van der Waals surface area contributed by atoms with Gasteiger partial charge in [-0.25, -0.2) is 0 Å². The number of hydrogen-bond donors (Lipinski definition) is 4. The molecule has 0 fully saturated rings. The van der Waals surface area contributed by atoms with Crippen LogP contribution in [-0.2, 0) is 35.2 Å². The highest BCUT2D eigenvalue weighted by atomic mass is 35.5. The second kappa shape index (κ2) is 19.0. The second-order valence-electron chi connectivity index (χ2n) is 10.6. The van der Waals surface area contributed by atoms with E-state index in [1.807, 2.05) is 6.92 Å². The van der Waals surface area contributed by atoms with Crippen molar-refractivity contribution in [3.05, 3.63) is 88.6 Å². The van der Waals surface area contributed by atoms with E-state index in [0.29, 0.717) is 32.7 Å². The van der Waals surface area contributed by atoms with Crippen molar-refractivity contribution in [2.24, 2.45) is 0 Å². The van der Waals surface area contributed by atoms with Crippen molar-refractivity contribution in [1.29, 1.82) is 0 Å². The van der Waals surface area contributed by atoms with Crippen molar-refractivity contribution in [3.8, 4) is 5.75 Å². The molecule has 0 aliphatic heterocycles. The van der Waals surface area contributed by atoms with Crippen LogP contribution >= 0.6 is 23.4 Å². The lowest BCUT2D eigenvalue weighted by Gasteiger charge is -2.21. The molecule has 4 N–H and O–H groups in total. The maximum Gasteiger partial charge on any atom is 0.307 e. The smallest absolute Gasteiger partial charge is 0.307 e. The number of carbonyl (C=O) groups excluding carboxylic acids is 6.